The highest BCUT2D eigenvalue weighted by atomic mass is 32.2. The Morgan fingerprint density at radius 3 is 2.50 bits per heavy atom. The highest BCUT2D eigenvalue weighted by molar-refractivity contribution is 7.82. The maximum atomic E-state index is 12.7. The number of aromatic nitrogens is 2. The number of carbonyl (C=O) groups is 1. The summed E-state index contributed by atoms with van der Waals surface area (Å²) in [6, 6.07) is 6.93. The predicted molar refractivity (Wildman–Crippen MR) is 101 cm³/mol. The number of nitrogens with zero attached hydrogens (tertiary/aromatic N) is 4. The average molecular weight is 372 g/mol. The number of nitrogens with one attached hydrogen (secondary N) is 1. The zero-order chi connectivity index (χ0) is 18.5. The van der Waals surface area contributed by atoms with Gasteiger partial charge in [-0.15, -0.1) is 0 Å². The molecule has 4 rings (SSSR count). The molecule has 1 aromatic carbocycles. The Morgan fingerprint density at radius 2 is 1.92 bits per heavy atom. The first kappa shape index (κ1) is 16.9. The topological polar surface area (TPSA) is 104 Å². The van der Waals surface area contributed by atoms with Crippen molar-refractivity contribution in [1.82, 2.24) is 9.97 Å². The molecule has 1 aliphatic carbocycles. The van der Waals surface area contributed by atoms with E-state index in [1.54, 1.807) is 42.4 Å². The standard InChI is InChI=1S/C17H20N6O2S/c1-22-13-10-19-16(20-11-4-6-12(7-5-11)26(18)25)21-14(13)23(2)17(15(22)24)8-3-9-17/h4-7,10H,3,8-9,18H2,1-2H3,(H,19,20,21). The molecule has 1 amide bonds. The highest BCUT2D eigenvalue weighted by Gasteiger charge is 2.53. The molecule has 1 atom stereocenters. The number of carbonyl (C=O) groups excluding carboxylic acids is 1. The van der Waals surface area contributed by atoms with Gasteiger partial charge in [0.15, 0.2) is 5.82 Å². The van der Waals surface area contributed by atoms with Gasteiger partial charge in [-0.05, 0) is 43.5 Å². The number of amides is 1. The first-order valence-electron chi connectivity index (χ1n) is 8.35. The van der Waals surface area contributed by atoms with E-state index in [2.05, 4.69) is 15.3 Å². The summed E-state index contributed by atoms with van der Waals surface area (Å²) in [5.41, 5.74) is 0.995. The van der Waals surface area contributed by atoms with E-state index in [4.69, 9.17) is 5.14 Å². The summed E-state index contributed by atoms with van der Waals surface area (Å²) in [7, 11) is 2.19. The Hall–Kier alpha value is -2.52. The molecular formula is C17H20N6O2S. The molecule has 1 fully saturated rings. The van der Waals surface area contributed by atoms with Crippen molar-refractivity contribution in [1.29, 1.82) is 0 Å². The third-order valence-electron chi connectivity index (χ3n) is 5.30. The lowest BCUT2D eigenvalue weighted by Crippen LogP contribution is -2.65. The fraction of sp³-hybridized carbons (Fsp3) is 0.353. The largest absolute Gasteiger partial charge is 0.343 e. The normalized spacial score (nSPS) is 19.1. The number of hydrogen-bond donors (Lipinski definition) is 2. The van der Waals surface area contributed by atoms with Crippen LogP contribution < -0.4 is 20.3 Å². The van der Waals surface area contributed by atoms with Gasteiger partial charge in [0.25, 0.3) is 5.91 Å². The van der Waals surface area contributed by atoms with E-state index < -0.39 is 16.5 Å². The first-order valence-corrected chi connectivity index (χ1v) is 9.56. The van der Waals surface area contributed by atoms with Crippen molar-refractivity contribution in [3.8, 4) is 0 Å². The number of benzene rings is 1. The summed E-state index contributed by atoms with van der Waals surface area (Å²) < 4.78 is 11.3. The van der Waals surface area contributed by atoms with E-state index in [-0.39, 0.29) is 5.91 Å². The second-order valence-corrected chi connectivity index (χ2v) is 7.72. The van der Waals surface area contributed by atoms with Crippen LogP contribution in [0.4, 0.5) is 23.1 Å². The van der Waals surface area contributed by atoms with Crippen molar-refractivity contribution < 1.29 is 9.00 Å². The van der Waals surface area contributed by atoms with Gasteiger partial charge in [-0.3, -0.25) is 4.79 Å². The van der Waals surface area contributed by atoms with Crippen LogP contribution in [0.2, 0.25) is 0 Å². The van der Waals surface area contributed by atoms with E-state index in [0.29, 0.717) is 16.5 Å². The van der Waals surface area contributed by atoms with Crippen LogP contribution in [0.1, 0.15) is 19.3 Å². The Kier molecular flexibility index (Phi) is 3.92. The van der Waals surface area contributed by atoms with Crippen LogP contribution >= 0.6 is 0 Å². The zero-order valence-electron chi connectivity index (χ0n) is 14.6. The minimum absolute atomic E-state index is 0.105. The van der Waals surface area contributed by atoms with E-state index in [1.807, 2.05) is 11.9 Å². The van der Waals surface area contributed by atoms with Gasteiger partial charge in [-0.1, -0.05) is 0 Å². The molecule has 136 valence electrons. The van der Waals surface area contributed by atoms with Gasteiger partial charge in [-0.25, -0.2) is 14.3 Å². The van der Waals surface area contributed by atoms with Gasteiger partial charge < -0.3 is 15.1 Å². The second kappa shape index (κ2) is 6.03. The van der Waals surface area contributed by atoms with Crippen molar-refractivity contribution in [3.63, 3.8) is 0 Å². The fourth-order valence-electron chi connectivity index (χ4n) is 3.54. The summed E-state index contributed by atoms with van der Waals surface area (Å²) >= 11 is 0. The lowest BCUT2D eigenvalue weighted by Gasteiger charge is -2.52. The minimum Gasteiger partial charge on any atom is -0.343 e. The van der Waals surface area contributed by atoms with Crippen LogP contribution in [-0.2, 0) is 15.8 Å². The van der Waals surface area contributed by atoms with Gasteiger partial charge in [0.05, 0.1) is 11.1 Å². The number of nitrogens with two attached hydrogens (primary N) is 1. The van der Waals surface area contributed by atoms with E-state index in [9.17, 15) is 9.00 Å². The minimum atomic E-state index is -1.50. The van der Waals surface area contributed by atoms with E-state index in [0.717, 1.165) is 30.8 Å². The average Bonchev–Trinajstić information content (AvgIpc) is 2.59. The number of likely N-dealkylation sites (N-methyl/N-ethyl adjacent to an activating group) is 2. The molecule has 0 saturated heterocycles. The van der Waals surface area contributed by atoms with Crippen molar-refractivity contribution in [2.45, 2.75) is 29.7 Å². The predicted octanol–water partition coefficient (Wildman–Crippen LogP) is 1.54. The molecule has 1 spiro atoms. The molecule has 0 bridgehead atoms. The summed E-state index contributed by atoms with van der Waals surface area (Å²) in [4.78, 5) is 25.9. The lowest BCUT2D eigenvalue weighted by atomic mass is 9.73. The summed E-state index contributed by atoms with van der Waals surface area (Å²) in [6.45, 7) is 0. The fourth-order valence-corrected chi connectivity index (χ4v) is 3.94. The Balaban J connectivity index is 1.65. The number of anilines is 4. The number of hydrogen-bond acceptors (Lipinski definition) is 6. The van der Waals surface area contributed by atoms with Crippen molar-refractivity contribution in [2.75, 3.05) is 29.2 Å². The van der Waals surface area contributed by atoms with Crippen LogP contribution in [0, 0.1) is 0 Å². The molecule has 3 N–H and O–H groups in total. The SMILES string of the molecule is CN1C(=O)C2(CCC2)N(C)c2nc(Nc3ccc(S(N)=O)cc3)ncc21. The molecular weight excluding hydrogens is 352 g/mol. The molecule has 2 aliphatic rings. The Labute approximate surface area is 154 Å². The Bertz CT molecular complexity index is 897. The molecule has 2 aromatic rings. The molecule has 0 radical (unpaired) electrons. The molecule has 1 unspecified atom stereocenters. The highest BCUT2D eigenvalue weighted by Crippen LogP contribution is 2.47. The molecule has 1 saturated carbocycles. The quantitative estimate of drug-likeness (QED) is 0.847. The van der Waals surface area contributed by atoms with Crippen molar-refractivity contribution in [3.05, 3.63) is 30.5 Å². The Morgan fingerprint density at radius 1 is 1.23 bits per heavy atom. The van der Waals surface area contributed by atoms with Gasteiger partial charge in [-0.2, -0.15) is 4.98 Å². The van der Waals surface area contributed by atoms with E-state index >= 15 is 0 Å². The van der Waals surface area contributed by atoms with Gasteiger partial charge >= 0.3 is 0 Å². The van der Waals surface area contributed by atoms with Crippen LogP contribution in [0.5, 0.6) is 0 Å². The third kappa shape index (κ3) is 2.46. The number of fused-ring (bicyclic) bond motifs is 1. The molecule has 26 heavy (non-hydrogen) atoms. The summed E-state index contributed by atoms with van der Waals surface area (Å²) in [5.74, 6) is 1.28. The molecule has 9 heteroatoms. The summed E-state index contributed by atoms with van der Waals surface area (Å²) in [6.07, 6.45) is 4.39. The molecule has 2 heterocycles. The monoisotopic (exact) mass is 372 g/mol. The van der Waals surface area contributed by atoms with Crippen molar-refractivity contribution >= 4 is 40.0 Å². The molecule has 8 nitrogen and oxygen atoms in total. The third-order valence-corrected chi connectivity index (χ3v) is 6.03. The molecule has 1 aliphatic heterocycles. The van der Waals surface area contributed by atoms with Gasteiger partial charge in [0, 0.05) is 19.8 Å². The van der Waals surface area contributed by atoms with Crippen LogP contribution in [0.15, 0.2) is 35.4 Å². The van der Waals surface area contributed by atoms with Crippen LogP contribution in [0.25, 0.3) is 0 Å². The zero-order valence-corrected chi connectivity index (χ0v) is 15.4. The van der Waals surface area contributed by atoms with Gasteiger partial charge in [0.2, 0.25) is 5.95 Å². The number of rotatable bonds is 3. The maximum absolute atomic E-state index is 12.7. The smallest absolute Gasteiger partial charge is 0.252 e. The van der Waals surface area contributed by atoms with E-state index in [1.165, 1.54) is 0 Å². The van der Waals surface area contributed by atoms with Crippen LogP contribution in [0.3, 0.4) is 0 Å². The van der Waals surface area contributed by atoms with Gasteiger partial charge in [0.1, 0.15) is 22.2 Å². The maximum Gasteiger partial charge on any atom is 0.252 e. The first-order chi connectivity index (χ1) is 12.4. The second-order valence-electron chi connectivity index (χ2n) is 6.66. The van der Waals surface area contributed by atoms with Crippen LogP contribution in [-0.4, -0.2) is 39.7 Å². The summed E-state index contributed by atoms with van der Waals surface area (Å²) in [5, 5.41) is 8.50. The lowest BCUT2D eigenvalue weighted by molar-refractivity contribution is -0.126. The van der Waals surface area contributed by atoms with Crippen molar-refractivity contribution in [2.24, 2.45) is 5.14 Å². The molecule has 1 aromatic heterocycles.